The first-order valence-corrected chi connectivity index (χ1v) is 7.44. The second kappa shape index (κ2) is 8.58. The highest BCUT2D eigenvalue weighted by molar-refractivity contribution is 5.52. The summed E-state index contributed by atoms with van der Waals surface area (Å²) in [4.78, 5) is 13.1. The lowest BCUT2D eigenvalue weighted by molar-refractivity contribution is 0.300. The Bertz CT molecular complexity index is 391. The van der Waals surface area contributed by atoms with Crippen molar-refractivity contribution in [2.45, 2.75) is 27.2 Å². The predicted molar refractivity (Wildman–Crippen MR) is 86.3 cm³/mol. The van der Waals surface area contributed by atoms with Gasteiger partial charge in [-0.25, -0.2) is 0 Å². The van der Waals surface area contributed by atoms with Crippen molar-refractivity contribution in [1.29, 1.82) is 0 Å². The van der Waals surface area contributed by atoms with E-state index in [-0.39, 0.29) is 0 Å². The monoisotopic (exact) mass is 280 g/mol. The van der Waals surface area contributed by atoms with Crippen LogP contribution < -0.4 is 16.0 Å². The Morgan fingerprint density at radius 2 is 1.80 bits per heavy atom. The van der Waals surface area contributed by atoms with E-state index in [9.17, 15) is 0 Å². The van der Waals surface area contributed by atoms with Crippen LogP contribution in [0.15, 0.2) is 6.07 Å². The van der Waals surface area contributed by atoms with E-state index in [1.165, 1.54) is 0 Å². The number of nitrogens with two attached hydrogens (primary N) is 1. The summed E-state index contributed by atoms with van der Waals surface area (Å²) in [6.45, 7) is 11.7. The van der Waals surface area contributed by atoms with Crippen LogP contribution in [0.5, 0.6) is 0 Å². The van der Waals surface area contributed by atoms with Crippen LogP contribution >= 0.6 is 0 Å². The third-order valence-electron chi connectivity index (χ3n) is 3.49. The highest BCUT2D eigenvalue weighted by atomic mass is 15.2. The van der Waals surface area contributed by atoms with Crippen LogP contribution in [-0.4, -0.2) is 54.6 Å². The number of hydrogen-bond acceptors (Lipinski definition) is 6. The fraction of sp³-hybridized carbons (Fsp3) is 0.714. The topological polar surface area (TPSA) is 70.3 Å². The first kappa shape index (κ1) is 16.5. The summed E-state index contributed by atoms with van der Waals surface area (Å²) in [5.41, 5.74) is 5.75. The summed E-state index contributed by atoms with van der Waals surface area (Å²) in [5, 5.41) is 3.01. The molecule has 0 amide bonds. The van der Waals surface area contributed by atoms with Gasteiger partial charge in [0.1, 0.15) is 11.6 Å². The van der Waals surface area contributed by atoms with E-state index in [0.717, 1.165) is 50.8 Å². The average molecular weight is 280 g/mol. The van der Waals surface area contributed by atoms with Gasteiger partial charge in [0.15, 0.2) is 0 Å². The second-order valence-corrected chi connectivity index (χ2v) is 4.68. The van der Waals surface area contributed by atoms with Crippen molar-refractivity contribution in [3.8, 4) is 0 Å². The summed E-state index contributed by atoms with van der Waals surface area (Å²) in [7, 11) is 1.84. The predicted octanol–water partition coefficient (Wildman–Crippen LogP) is 1.66. The molecular formula is C14H28N6. The average Bonchev–Trinajstić information content (AvgIpc) is 2.47. The van der Waals surface area contributed by atoms with Crippen LogP contribution in [-0.2, 0) is 0 Å². The molecule has 0 spiro atoms. The number of rotatable bonds is 9. The minimum absolute atomic E-state index is 0.314. The Balaban J connectivity index is 2.64. The molecule has 1 rings (SSSR count). The molecule has 114 valence electrons. The van der Waals surface area contributed by atoms with E-state index < -0.39 is 0 Å². The van der Waals surface area contributed by atoms with E-state index in [0.29, 0.717) is 5.95 Å². The van der Waals surface area contributed by atoms with Gasteiger partial charge < -0.3 is 20.9 Å². The van der Waals surface area contributed by atoms with E-state index in [2.05, 4.69) is 45.9 Å². The van der Waals surface area contributed by atoms with Gasteiger partial charge in [-0.15, -0.1) is 0 Å². The van der Waals surface area contributed by atoms with Crippen LogP contribution in [0.4, 0.5) is 17.6 Å². The molecule has 0 aliphatic heterocycles. The molecule has 3 N–H and O–H groups in total. The summed E-state index contributed by atoms with van der Waals surface area (Å²) >= 11 is 0. The zero-order valence-corrected chi connectivity index (χ0v) is 13.2. The maximum Gasteiger partial charge on any atom is 0.223 e. The number of aromatic nitrogens is 2. The molecular weight excluding hydrogens is 252 g/mol. The van der Waals surface area contributed by atoms with Crippen LogP contribution in [0.1, 0.15) is 27.2 Å². The minimum Gasteiger partial charge on any atom is -0.373 e. The van der Waals surface area contributed by atoms with Gasteiger partial charge >= 0.3 is 0 Å². The van der Waals surface area contributed by atoms with Crippen molar-refractivity contribution in [2.75, 3.05) is 55.7 Å². The van der Waals surface area contributed by atoms with E-state index in [4.69, 9.17) is 5.73 Å². The normalized spacial score (nSPS) is 10.8. The van der Waals surface area contributed by atoms with Crippen molar-refractivity contribution in [2.24, 2.45) is 0 Å². The Hall–Kier alpha value is -1.56. The quantitative estimate of drug-likeness (QED) is 0.717. The summed E-state index contributed by atoms with van der Waals surface area (Å²) in [6, 6.07) is 1.94. The number of nitrogens with one attached hydrogen (secondary N) is 1. The van der Waals surface area contributed by atoms with Crippen LogP contribution in [0.25, 0.3) is 0 Å². The number of hydrogen-bond donors (Lipinski definition) is 2. The molecule has 0 fully saturated rings. The fourth-order valence-electron chi connectivity index (χ4n) is 2.20. The van der Waals surface area contributed by atoms with Crippen LogP contribution in [0, 0.1) is 0 Å². The highest BCUT2D eigenvalue weighted by Gasteiger charge is 2.09. The first-order valence-electron chi connectivity index (χ1n) is 7.44. The Labute approximate surface area is 122 Å². The minimum atomic E-state index is 0.314. The van der Waals surface area contributed by atoms with Crippen molar-refractivity contribution in [3.05, 3.63) is 6.07 Å². The zero-order chi connectivity index (χ0) is 15.0. The van der Waals surface area contributed by atoms with Gasteiger partial charge in [-0.3, -0.25) is 0 Å². The molecule has 0 aromatic carbocycles. The molecule has 0 saturated carbocycles. The second-order valence-electron chi connectivity index (χ2n) is 4.68. The largest absolute Gasteiger partial charge is 0.373 e. The standard InChI is InChI=1S/C14H28N6/c1-5-19(6-2)9-8-10-20(7-3)13-11-12(16-4)17-14(15)18-13/h11H,5-10H2,1-4H3,(H3,15,16,17,18). The SMILES string of the molecule is CCN(CC)CCCN(CC)c1cc(NC)nc(N)n1. The Kier molecular flexibility index (Phi) is 7.08. The molecule has 1 aromatic heterocycles. The molecule has 1 heterocycles. The van der Waals surface area contributed by atoms with Gasteiger partial charge in [-0.1, -0.05) is 13.8 Å². The molecule has 20 heavy (non-hydrogen) atoms. The molecule has 6 nitrogen and oxygen atoms in total. The van der Waals surface area contributed by atoms with Gasteiger partial charge in [0, 0.05) is 26.2 Å². The van der Waals surface area contributed by atoms with Gasteiger partial charge in [-0.2, -0.15) is 9.97 Å². The lowest BCUT2D eigenvalue weighted by Gasteiger charge is -2.24. The van der Waals surface area contributed by atoms with Gasteiger partial charge in [-0.05, 0) is 33.0 Å². The molecule has 0 aliphatic carbocycles. The molecule has 6 heteroatoms. The molecule has 0 atom stereocenters. The zero-order valence-electron chi connectivity index (χ0n) is 13.2. The van der Waals surface area contributed by atoms with Gasteiger partial charge in [0.25, 0.3) is 0 Å². The van der Waals surface area contributed by atoms with Gasteiger partial charge in [0.05, 0.1) is 0 Å². The number of nitrogen functional groups attached to an aromatic ring is 1. The fourth-order valence-corrected chi connectivity index (χ4v) is 2.20. The highest BCUT2D eigenvalue weighted by Crippen LogP contribution is 2.16. The molecule has 0 bridgehead atoms. The lowest BCUT2D eigenvalue weighted by atomic mass is 10.3. The lowest BCUT2D eigenvalue weighted by Crippen LogP contribution is -2.30. The molecule has 0 aliphatic rings. The molecule has 0 unspecified atom stereocenters. The van der Waals surface area contributed by atoms with Gasteiger partial charge in [0.2, 0.25) is 5.95 Å². The summed E-state index contributed by atoms with van der Waals surface area (Å²) in [6.07, 6.45) is 1.12. The van der Waals surface area contributed by atoms with Crippen molar-refractivity contribution in [1.82, 2.24) is 14.9 Å². The Morgan fingerprint density at radius 3 is 2.35 bits per heavy atom. The van der Waals surface area contributed by atoms with E-state index >= 15 is 0 Å². The third-order valence-corrected chi connectivity index (χ3v) is 3.49. The number of nitrogens with zero attached hydrogens (tertiary/aromatic N) is 4. The van der Waals surface area contributed by atoms with Crippen molar-refractivity contribution in [3.63, 3.8) is 0 Å². The summed E-state index contributed by atoms with van der Waals surface area (Å²) < 4.78 is 0. The van der Waals surface area contributed by atoms with Crippen LogP contribution in [0.3, 0.4) is 0 Å². The maximum absolute atomic E-state index is 5.75. The van der Waals surface area contributed by atoms with Crippen LogP contribution in [0.2, 0.25) is 0 Å². The smallest absolute Gasteiger partial charge is 0.223 e. The van der Waals surface area contributed by atoms with E-state index in [1.807, 2.05) is 13.1 Å². The van der Waals surface area contributed by atoms with Crippen molar-refractivity contribution >= 4 is 17.6 Å². The summed E-state index contributed by atoms with van der Waals surface area (Å²) in [5.74, 6) is 1.97. The first-order chi connectivity index (χ1) is 9.64. The molecule has 0 radical (unpaired) electrons. The van der Waals surface area contributed by atoms with Crippen molar-refractivity contribution < 1.29 is 0 Å². The number of anilines is 3. The third kappa shape index (κ3) is 4.85. The molecule has 0 saturated heterocycles. The van der Waals surface area contributed by atoms with E-state index in [1.54, 1.807) is 0 Å². The maximum atomic E-state index is 5.75. The molecule has 1 aromatic rings. The Morgan fingerprint density at radius 1 is 1.10 bits per heavy atom.